The van der Waals surface area contributed by atoms with E-state index >= 15 is 0 Å². The van der Waals surface area contributed by atoms with Gasteiger partial charge in [-0.2, -0.15) is 0 Å². The highest BCUT2D eigenvalue weighted by Crippen LogP contribution is 2.25. The van der Waals surface area contributed by atoms with Crippen molar-refractivity contribution < 1.29 is 0 Å². The summed E-state index contributed by atoms with van der Waals surface area (Å²) in [7, 11) is 0. The van der Waals surface area contributed by atoms with Crippen molar-refractivity contribution in [1.82, 2.24) is 25.0 Å². The maximum atomic E-state index is 4.57. The Bertz CT molecular complexity index is 557. The van der Waals surface area contributed by atoms with E-state index in [1.54, 1.807) is 6.20 Å². The van der Waals surface area contributed by atoms with Crippen LogP contribution in [0.5, 0.6) is 0 Å². The molecule has 3 rings (SSSR count). The Balaban J connectivity index is 1.70. The zero-order valence-electron chi connectivity index (χ0n) is 12.0. The summed E-state index contributed by atoms with van der Waals surface area (Å²) in [6, 6.07) is 2.57. The molecule has 106 valence electrons. The lowest BCUT2D eigenvalue weighted by molar-refractivity contribution is 0.359. The van der Waals surface area contributed by atoms with E-state index in [0.29, 0.717) is 6.04 Å². The largest absolute Gasteiger partial charge is 0.356 e. The molecule has 0 saturated carbocycles. The Labute approximate surface area is 118 Å². The first kappa shape index (κ1) is 13.0. The number of anilines is 1. The lowest BCUT2D eigenvalue weighted by Crippen LogP contribution is -2.35. The molecule has 0 N–H and O–H groups in total. The van der Waals surface area contributed by atoms with E-state index < -0.39 is 0 Å². The molecule has 2 aromatic rings. The minimum absolute atomic E-state index is 0.460. The fourth-order valence-corrected chi connectivity index (χ4v) is 2.73. The third-order valence-corrected chi connectivity index (χ3v) is 3.84. The van der Waals surface area contributed by atoms with Crippen LogP contribution in [-0.2, 0) is 6.42 Å². The first-order valence-corrected chi connectivity index (χ1v) is 7.21. The van der Waals surface area contributed by atoms with E-state index in [4.69, 9.17) is 0 Å². The second-order valence-electron chi connectivity index (χ2n) is 5.22. The minimum atomic E-state index is 0.460. The van der Waals surface area contributed by atoms with Crippen molar-refractivity contribution in [3.8, 4) is 0 Å². The monoisotopic (exact) mass is 272 g/mol. The van der Waals surface area contributed by atoms with Gasteiger partial charge in [0, 0.05) is 31.0 Å². The molecule has 0 amide bonds. The third kappa shape index (κ3) is 2.64. The summed E-state index contributed by atoms with van der Waals surface area (Å²) in [5, 5.41) is 7.99. The van der Waals surface area contributed by atoms with Gasteiger partial charge in [0.2, 0.25) is 0 Å². The van der Waals surface area contributed by atoms with Gasteiger partial charge < -0.3 is 4.90 Å². The number of hydrogen-bond acceptors (Lipinski definition) is 5. The van der Waals surface area contributed by atoms with Crippen LogP contribution in [0.2, 0.25) is 0 Å². The molecule has 1 fully saturated rings. The summed E-state index contributed by atoms with van der Waals surface area (Å²) >= 11 is 0. The average Bonchev–Trinajstić information content (AvgIpc) is 3.01. The van der Waals surface area contributed by atoms with Gasteiger partial charge >= 0.3 is 0 Å². The van der Waals surface area contributed by atoms with Gasteiger partial charge in [0.05, 0.1) is 12.2 Å². The Morgan fingerprint density at radius 2 is 2.05 bits per heavy atom. The molecule has 0 radical (unpaired) electrons. The van der Waals surface area contributed by atoms with Gasteiger partial charge in [-0.3, -0.25) is 0 Å². The quantitative estimate of drug-likeness (QED) is 0.852. The van der Waals surface area contributed by atoms with Crippen molar-refractivity contribution in [2.24, 2.45) is 0 Å². The van der Waals surface area contributed by atoms with Crippen molar-refractivity contribution in [2.75, 3.05) is 18.0 Å². The van der Waals surface area contributed by atoms with Crippen molar-refractivity contribution in [2.45, 2.75) is 39.2 Å². The second kappa shape index (κ2) is 5.56. The summed E-state index contributed by atoms with van der Waals surface area (Å²) in [6.45, 7) is 6.10. The lowest BCUT2D eigenvalue weighted by Gasteiger charge is -2.32. The number of piperidine rings is 1. The molecule has 1 aliphatic rings. The summed E-state index contributed by atoms with van der Waals surface area (Å²) in [4.78, 5) is 11.4. The maximum absolute atomic E-state index is 4.57. The Morgan fingerprint density at radius 3 is 2.70 bits per heavy atom. The van der Waals surface area contributed by atoms with Crippen LogP contribution < -0.4 is 4.90 Å². The molecule has 0 aliphatic carbocycles. The second-order valence-corrected chi connectivity index (χ2v) is 5.22. The van der Waals surface area contributed by atoms with Crippen LogP contribution in [0.1, 0.15) is 37.3 Å². The molecule has 2 aromatic heterocycles. The SMILES string of the molecule is CCc1cc(N2CCC(n3ccnn3)CC2)nc(C)n1. The zero-order chi connectivity index (χ0) is 13.9. The maximum Gasteiger partial charge on any atom is 0.132 e. The minimum Gasteiger partial charge on any atom is -0.356 e. The van der Waals surface area contributed by atoms with Crippen molar-refractivity contribution in [3.63, 3.8) is 0 Å². The number of nitrogens with zero attached hydrogens (tertiary/aromatic N) is 6. The molecule has 0 aromatic carbocycles. The van der Waals surface area contributed by atoms with E-state index in [0.717, 1.165) is 49.7 Å². The Hall–Kier alpha value is -1.98. The molecular weight excluding hydrogens is 252 g/mol. The summed E-state index contributed by atoms with van der Waals surface area (Å²) in [6.07, 6.45) is 6.80. The topological polar surface area (TPSA) is 59.7 Å². The predicted molar refractivity (Wildman–Crippen MR) is 76.7 cm³/mol. The third-order valence-electron chi connectivity index (χ3n) is 3.84. The number of aryl methyl sites for hydroxylation is 2. The highest BCUT2D eigenvalue weighted by molar-refractivity contribution is 5.40. The molecule has 0 spiro atoms. The van der Waals surface area contributed by atoms with Crippen molar-refractivity contribution >= 4 is 5.82 Å². The summed E-state index contributed by atoms with van der Waals surface area (Å²) in [5.74, 6) is 1.92. The zero-order valence-corrected chi connectivity index (χ0v) is 12.0. The number of aromatic nitrogens is 5. The van der Waals surface area contributed by atoms with Crippen LogP contribution in [0.15, 0.2) is 18.5 Å². The van der Waals surface area contributed by atoms with Gasteiger partial charge in [-0.1, -0.05) is 12.1 Å². The summed E-state index contributed by atoms with van der Waals surface area (Å²) < 4.78 is 1.97. The standard InChI is InChI=1S/C14H20N6/c1-3-12-10-14(17-11(2)16-12)19-7-4-13(5-8-19)20-9-6-15-18-20/h6,9-10,13H,3-5,7-8H2,1-2H3. The first-order valence-electron chi connectivity index (χ1n) is 7.21. The number of hydrogen-bond donors (Lipinski definition) is 0. The molecule has 1 aliphatic heterocycles. The Morgan fingerprint density at radius 1 is 1.25 bits per heavy atom. The van der Waals surface area contributed by atoms with E-state index in [1.165, 1.54) is 0 Å². The first-order chi connectivity index (χ1) is 9.76. The van der Waals surface area contributed by atoms with Gasteiger partial charge in [0.1, 0.15) is 11.6 Å². The van der Waals surface area contributed by atoms with Crippen molar-refractivity contribution in [1.29, 1.82) is 0 Å². The van der Waals surface area contributed by atoms with Gasteiger partial charge in [-0.05, 0) is 26.2 Å². The Kier molecular flexibility index (Phi) is 3.62. The van der Waals surface area contributed by atoms with Gasteiger partial charge in [-0.25, -0.2) is 14.6 Å². The van der Waals surface area contributed by atoms with Crippen LogP contribution in [0.25, 0.3) is 0 Å². The normalized spacial score (nSPS) is 16.6. The molecule has 0 atom stereocenters. The molecule has 1 saturated heterocycles. The lowest BCUT2D eigenvalue weighted by atomic mass is 10.1. The van der Waals surface area contributed by atoms with Crippen LogP contribution in [0.4, 0.5) is 5.82 Å². The van der Waals surface area contributed by atoms with Gasteiger partial charge in [0.25, 0.3) is 0 Å². The molecule has 6 nitrogen and oxygen atoms in total. The van der Waals surface area contributed by atoms with E-state index in [1.807, 2.05) is 17.8 Å². The predicted octanol–water partition coefficient (Wildman–Crippen LogP) is 1.78. The smallest absolute Gasteiger partial charge is 0.132 e. The van der Waals surface area contributed by atoms with E-state index in [-0.39, 0.29) is 0 Å². The molecule has 20 heavy (non-hydrogen) atoms. The van der Waals surface area contributed by atoms with Crippen LogP contribution in [0.3, 0.4) is 0 Å². The van der Waals surface area contributed by atoms with Crippen LogP contribution >= 0.6 is 0 Å². The van der Waals surface area contributed by atoms with E-state index in [2.05, 4.69) is 38.2 Å². The highest BCUT2D eigenvalue weighted by atomic mass is 15.4. The molecule has 3 heterocycles. The molecule has 0 bridgehead atoms. The van der Waals surface area contributed by atoms with Crippen LogP contribution in [0, 0.1) is 6.92 Å². The molecular formula is C14H20N6. The summed E-state index contributed by atoms with van der Waals surface area (Å²) in [5.41, 5.74) is 1.12. The molecule has 0 unspecified atom stereocenters. The molecule has 6 heteroatoms. The van der Waals surface area contributed by atoms with Crippen molar-refractivity contribution in [3.05, 3.63) is 30.0 Å². The fourth-order valence-electron chi connectivity index (χ4n) is 2.73. The van der Waals surface area contributed by atoms with E-state index in [9.17, 15) is 0 Å². The fraction of sp³-hybridized carbons (Fsp3) is 0.571. The number of rotatable bonds is 3. The highest BCUT2D eigenvalue weighted by Gasteiger charge is 2.22. The van der Waals surface area contributed by atoms with Gasteiger partial charge in [0.15, 0.2) is 0 Å². The van der Waals surface area contributed by atoms with Gasteiger partial charge in [-0.15, -0.1) is 5.10 Å². The van der Waals surface area contributed by atoms with Crippen LogP contribution in [-0.4, -0.2) is 38.1 Å². The average molecular weight is 272 g/mol.